The Morgan fingerprint density at radius 3 is 2.80 bits per heavy atom. The van der Waals surface area contributed by atoms with Crippen molar-refractivity contribution >= 4 is 10.0 Å². The van der Waals surface area contributed by atoms with Gasteiger partial charge in [0.2, 0.25) is 10.0 Å². The van der Waals surface area contributed by atoms with Gasteiger partial charge in [-0.2, -0.15) is 0 Å². The fraction of sp³-hybridized carbons (Fsp3) is 0.538. The van der Waals surface area contributed by atoms with Crippen molar-refractivity contribution in [3.8, 4) is 0 Å². The SMILES string of the molecule is O=S(=O)(NCCC1CCCNC1)c1ccc(F)cc1F. The zero-order chi connectivity index (χ0) is 14.6. The summed E-state index contributed by atoms with van der Waals surface area (Å²) >= 11 is 0. The van der Waals surface area contributed by atoms with Crippen molar-refractivity contribution in [2.45, 2.75) is 24.2 Å². The van der Waals surface area contributed by atoms with Crippen molar-refractivity contribution in [3.63, 3.8) is 0 Å². The predicted molar refractivity (Wildman–Crippen MR) is 71.8 cm³/mol. The van der Waals surface area contributed by atoms with E-state index in [1.54, 1.807) is 0 Å². The van der Waals surface area contributed by atoms with Crippen molar-refractivity contribution in [1.82, 2.24) is 10.0 Å². The standard InChI is InChI=1S/C13H18F2N2O2S/c14-11-3-4-13(12(15)8-11)20(18,19)17-7-5-10-2-1-6-16-9-10/h3-4,8,10,16-17H,1-2,5-7,9H2. The summed E-state index contributed by atoms with van der Waals surface area (Å²) in [5.74, 6) is -1.43. The van der Waals surface area contributed by atoms with Crippen LogP contribution in [0.1, 0.15) is 19.3 Å². The number of nitrogens with one attached hydrogen (secondary N) is 2. The van der Waals surface area contributed by atoms with Gasteiger partial charge in [-0.05, 0) is 50.4 Å². The third-order valence-corrected chi connectivity index (χ3v) is 4.92. The molecule has 2 N–H and O–H groups in total. The quantitative estimate of drug-likeness (QED) is 0.869. The molecule has 1 heterocycles. The van der Waals surface area contributed by atoms with Gasteiger partial charge in [0.15, 0.2) is 0 Å². The molecule has 0 bridgehead atoms. The fourth-order valence-electron chi connectivity index (χ4n) is 2.34. The van der Waals surface area contributed by atoms with Crippen LogP contribution in [0.5, 0.6) is 0 Å². The number of rotatable bonds is 5. The maximum atomic E-state index is 13.5. The van der Waals surface area contributed by atoms with E-state index in [9.17, 15) is 17.2 Å². The Kier molecular flexibility index (Phi) is 5.06. The third-order valence-electron chi connectivity index (χ3n) is 3.43. The molecule has 1 aromatic carbocycles. The van der Waals surface area contributed by atoms with Crippen LogP contribution >= 0.6 is 0 Å². The molecule has 0 aliphatic carbocycles. The average Bonchev–Trinajstić information content (AvgIpc) is 2.39. The van der Waals surface area contributed by atoms with Gasteiger partial charge in [-0.25, -0.2) is 21.9 Å². The summed E-state index contributed by atoms with van der Waals surface area (Å²) in [5.41, 5.74) is 0. The van der Waals surface area contributed by atoms with Gasteiger partial charge < -0.3 is 5.32 Å². The largest absolute Gasteiger partial charge is 0.316 e. The molecule has 0 amide bonds. The molecule has 1 fully saturated rings. The second kappa shape index (κ2) is 6.60. The molecular weight excluding hydrogens is 286 g/mol. The minimum atomic E-state index is -3.92. The Labute approximate surface area is 117 Å². The molecule has 1 saturated heterocycles. The van der Waals surface area contributed by atoms with Crippen molar-refractivity contribution in [2.24, 2.45) is 5.92 Å². The van der Waals surface area contributed by atoms with Crippen molar-refractivity contribution in [3.05, 3.63) is 29.8 Å². The normalized spacial score (nSPS) is 20.0. The summed E-state index contributed by atoms with van der Waals surface area (Å²) in [6, 6.07) is 2.44. The van der Waals surface area contributed by atoms with Gasteiger partial charge in [-0.15, -0.1) is 0 Å². The van der Waals surface area contributed by atoms with Crippen molar-refractivity contribution in [2.75, 3.05) is 19.6 Å². The minimum Gasteiger partial charge on any atom is -0.316 e. The van der Waals surface area contributed by atoms with Crippen LogP contribution in [0, 0.1) is 17.6 Å². The third kappa shape index (κ3) is 3.97. The highest BCUT2D eigenvalue weighted by atomic mass is 32.2. The molecule has 2 rings (SSSR count). The second-order valence-electron chi connectivity index (χ2n) is 4.97. The molecule has 1 aliphatic heterocycles. The number of halogens is 2. The average molecular weight is 304 g/mol. The highest BCUT2D eigenvalue weighted by molar-refractivity contribution is 7.89. The summed E-state index contributed by atoms with van der Waals surface area (Å²) in [6.45, 7) is 2.14. The second-order valence-corrected chi connectivity index (χ2v) is 6.71. The molecule has 112 valence electrons. The van der Waals surface area contributed by atoms with Gasteiger partial charge in [0.1, 0.15) is 16.5 Å². The molecule has 0 radical (unpaired) electrons. The molecule has 1 aromatic rings. The first-order valence-corrected chi connectivity index (χ1v) is 8.13. The topological polar surface area (TPSA) is 58.2 Å². The van der Waals surface area contributed by atoms with Crippen molar-refractivity contribution < 1.29 is 17.2 Å². The molecule has 0 saturated carbocycles. The van der Waals surface area contributed by atoms with E-state index in [1.807, 2.05) is 0 Å². The summed E-state index contributed by atoms with van der Waals surface area (Å²) in [7, 11) is -3.92. The Morgan fingerprint density at radius 1 is 1.35 bits per heavy atom. The molecule has 0 spiro atoms. The van der Waals surface area contributed by atoms with Crippen LogP contribution in [-0.4, -0.2) is 28.1 Å². The molecule has 20 heavy (non-hydrogen) atoms. The van der Waals surface area contributed by atoms with E-state index in [1.165, 1.54) is 0 Å². The van der Waals surface area contributed by atoms with E-state index in [4.69, 9.17) is 0 Å². The van der Waals surface area contributed by atoms with E-state index in [-0.39, 0.29) is 6.54 Å². The Balaban J connectivity index is 1.93. The maximum Gasteiger partial charge on any atom is 0.243 e. The van der Waals surface area contributed by atoms with E-state index in [2.05, 4.69) is 10.0 Å². The Hall–Kier alpha value is -1.05. The van der Waals surface area contributed by atoms with Gasteiger partial charge in [-0.3, -0.25) is 0 Å². The molecule has 0 aromatic heterocycles. The van der Waals surface area contributed by atoms with Gasteiger partial charge in [0.05, 0.1) is 0 Å². The minimum absolute atomic E-state index is 0.255. The summed E-state index contributed by atoms with van der Waals surface area (Å²) < 4.78 is 52.4. The van der Waals surface area contributed by atoms with Crippen molar-refractivity contribution in [1.29, 1.82) is 0 Å². The number of benzene rings is 1. The highest BCUT2D eigenvalue weighted by Crippen LogP contribution is 2.16. The van der Waals surface area contributed by atoms with Crippen LogP contribution in [0.3, 0.4) is 0 Å². The predicted octanol–water partition coefficient (Wildman–Crippen LogP) is 1.63. The van der Waals surface area contributed by atoms with E-state index in [0.29, 0.717) is 18.4 Å². The lowest BCUT2D eigenvalue weighted by Gasteiger charge is -2.22. The molecule has 1 unspecified atom stereocenters. The summed E-state index contributed by atoms with van der Waals surface area (Å²) in [5, 5.41) is 3.25. The van der Waals surface area contributed by atoms with Gasteiger partial charge in [-0.1, -0.05) is 0 Å². The van der Waals surface area contributed by atoms with Crippen LogP contribution in [-0.2, 0) is 10.0 Å². The zero-order valence-electron chi connectivity index (χ0n) is 11.0. The monoisotopic (exact) mass is 304 g/mol. The number of sulfonamides is 1. The summed E-state index contributed by atoms with van der Waals surface area (Å²) in [4.78, 5) is -0.513. The maximum absolute atomic E-state index is 13.5. The van der Waals surface area contributed by atoms with Crippen LogP contribution in [0.25, 0.3) is 0 Å². The molecule has 1 atom stereocenters. The highest BCUT2D eigenvalue weighted by Gasteiger charge is 2.20. The first-order chi connectivity index (χ1) is 9.49. The number of hydrogen-bond acceptors (Lipinski definition) is 3. The molecule has 7 heteroatoms. The number of piperidine rings is 1. The Morgan fingerprint density at radius 2 is 2.15 bits per heavy atom. The van der Waals surface area contributed by atoms with E-state index < -0.39 is 26.6 Å². The zero-order valence-corrected chi connectivity index (χ0v) is 11.8. The summed E-state index contributed by atoms with van der Waals surface area (Å²) in [6.07, 6.45) is 2.86. The fourth-order valence-corrected chi connectivity index (χ4v) is 3.44. The lowest BCUT2D eigenvalue weighted by Crippen LogP contribution is -2.33. The van der Waals surface area contributed by atoms with E-state index >= 15 is 0 Å². The Bertz CT molecular complexity index is 557. The molecule has 1 aliphatic rings. The smallest absolute Gasteiger partial charge is 0.243 e. The van der Waals surface area contributed by atoms with Crippen LogP contribution in [0.4, 0.5) is 8.78 Å². The molecular formula is C13H18F2N2O2S. The van der Waals surface area contributed by atoms with Crippen LogP contribution in [0.15, 0.2) is 23.1 Å². The molecule has 4 nitrogen and oxygen atoms in total. The van der Waals surface area contributed by atoms with Gasteiger partial charge in [0, 0.05) is 12.6 Å². The van der Waals surface area contributed by atoms with Gasteiger partial charge >= 0.3 is 0 Å². The first-order valence-electron chi connectivity index (χ1n) is 6.64. The lowest BCUT2D eigenvalue weighted by atomic mass is 9.96. The van der Waals surface area contributed by atoms with Crippen LogP contribution < -0.4 is 10.0 Å². The van der Waals surface area contributed by atoms with Gasteiger partial charge in [0.25, 0.3) is 0 Å². The number of hydrogen-bond donors (Lipinski definition) is 2. The first kappa shape index (κ1) is 15.3. The van der Waals surface area contributed by atoms with E-state index in [0.717, 1.165) is 38.1 Å². The lowest BCUT2D eigenvalue weighted by molar-refractivity contribution is 0.358. The van der Waals surface area contributed by atoms with Crippen LogP contribution in [0.2, 0.25) is 0 Å².